The molecule has 0 bridgehead atoms. The zero-order valence-electron chi connectivity index (χ0n) is 13.0. The van der Waals surface area contributed by atoms with Gasteiger partial charge in [0, 0.05) is 13.1 Å². The molecular weight excluding hydrogens is 298 g/mol. The molecule has 0 aliphatic rings. The second-order valence-electron chi connectivity index (χ2n) is 4.83. The van der Waals surface area contributed by atoms with Gasteiger partial charge in [0.25, 0.3) is 0 Å². The van der Waals surface area contributed by atoms with Crippen LogP contribution >= 0.6 is 11.3 Å². The van der Waals surface area contributed by atoms with Gasteiger partial charge in [0.15, 0.2) is 5.82 Å². The molecule has 5 nitrogen and oxygen atoms in total. The van der Waals surface area contributed by atoms with E-state index in [0.29, 0.717) is 0 Å². The molecule has 114 valence electrons. The molecule has 3 aromatic rings. The van der Waals surface area contributed by atoms with Crippen molar-refractivity contribution in [3.8, 4) is 11.5 Å². The van der Waals surface area contributed by atoms with E-state index < -0.39 is 0 Å². The molecule has 0 spiro atoms. The second-order valence-corrected chi connectivity index (χ2v) is 5.74. The standard InChI is InChI=1S/C16H17N3O2S/c1-10-17-12-7-8-22-15(12)16(18-10)19(2)13-9-11(20-3)5-6-14(13)21-4/h5-9H,1-4H3. The van der Waals surface area contributed by atoms with Crippen molar-refractivity contribution in [2.24, 2.45) is 0 Å². The Kier molecular flexibility index (Phi) is 3.85. The van der Waals surface area contributed by atoms with Crippen molar-refractivity contribution < 1.29 is 9.47 Å². The predicted molar refractivity (Wildman–Crippen MR) is 89.8 cm³/mol. The first kappa shape index (κ1) is 14.6. The molecule has 0 atom stereocenters. The summed E-state index contributed by atoms with van der Waals surface area (Å²) in [6, 6.07) is 7.72. The molecule has 3 rings (SSSR count). The van der Waals surface area contributed by atoms with Crippen LogP contribution in [0.4, 0.5) is 11.5 Å². The van der Waals surface area contributed by atoms with Gasteiger partial charge in [-0.2, -0.15) is 0 Å². The van der Waals surface area contributed by atoms with Crippen molar-refractivity contribution in [3.63, 3.8) is 0 Å². The van der Waals surface area contributed by atoms with Gasteiger partial charge in [-0.25, -0.2) is 9.97 Å². The summed E-state index contributed by atoms with van der Waals surface area (Å²) in [4.78, 5) is 11.1. The maximum atomic E-state index is 5.47. The average molecular weight is 315 g/mol. The quantitative estimate of drug-likeness (QED) is 0.733. The summed E-state index contributed by atoms with van der Waals surface area (Å²) in [7, 11) is 5.28. The van der Waals surface area contributed by atoms with E-state index in [-0.39, 0.29) is 0 Å². The zero-order valence-corrected chi connectivity index (χ0v) is 13.8. The van der Waals surface area contributed by atoms with Gasteiger partial charge < -0.3 is 14.4 Å². The minimum absolute atomic E-state index is 0.745. The Morgan fingerprint density at radius 1 is 1.09 bits per heavy atom. The van der Waals surface area contributed by atoms with Crippen LogP contribution in [0.25, 0.3) is 10.2 Å². The molecule has 0 radical (unpaired) electrons. The largest absolute Gasteiger partial charge is 0.497 e. The van der Waals surface area contributed by atoms with Crippen LogP contribution in [0.2, 0.25) is 0 Å². The Labute approximate surface area is 133 Å². The van der Waals surface area contributed by atoms with E-state index in [1.54, 1.807) is 25.6 Å². The summed E-state index contributed by atoms with van der Waals surface area (Å²) in [6.07, 6.45) is 0. The normalized spacial score (nSPS) is 10.7. The lowest BCUT2D eigenvalue weighted by Gasteiger charge is -2.22. The number of fused-ring (bicyclic) bond motifs is 1. The van der Waals surface area contributed by atoms with Crippen molar-refractivity contribution in [1.82, 2.24) is 9.97 Å². The average Bonchev–Trinajstić information content (AvgIpc) is 3.00. The molecule has 2 heterocycles. The van der Waals surface area contributed by atoms with E-state index in [4.69, 9.17) is 9.47 Å². The fourth-order valence-electron chi connectivity index (χ4n) is 2.36. The van der Waals surface area contributed by atoms with E-state index in [0.717, 1.165) is 39.0 Å². The number of aryl methyl sites for hydroxylation is 1. The highest BCUT2D eigenvalue weighted by Gasteiger charge is 2.17. The fraction of sp³-hybridized carbons (Fsp3) is 0.250. The van der Waals surface area contributed by atoms with Crippen LogP contribution in [-0.2, 0) is 0 Å². The number of benzene rings is 1. The summed E-state index contributed by atoms with van der Waals surface area (Å²) >= 11 is 1.63. The van der Waals surface area contributed by atoms with Crippen LogP contribution in [0.1, 0.15) is 5.82 Å². The number of hydrogen-bond acceptors (Lipinski definition) is 6. The minimum atomic E-state index is 0.745. The lowest BCUT2D eigenvalue weighted by molar-refractivity contribution is 0.404. The molecule has 0 saturated heterocycles. The van der Waals surface area contributed by atoms with E-state index >= 15 is 0 Å². The molecule has 0 saturated carbocycles. The van der Waals surface area contributed by atoms with Crippen LogP contribution in [0.15, 0.2) is 29.6 Å². The first-order valence-corrected chi connectivity index (χ1v) is 7.69. The van der Waals surface area contributed by atoms with Gasteiger partial charge in [-0.1, -0.05) is 0 Å². The van der Waals surface area contributed by atoms with Crippen LogP contribution in [-0.4, -0.2) is 31.2 Å². The van der Waals surface area contributed by atoms with E-state index in [1.165, 1.54) is 0 Å². The summed E-state index contributed by atoms with van der Waals surface area (Å²) < 4.78 is 11.9. The predicted octanol–water partition coefficient (Wildman–Crippen LogP) is 3.78. The van der Waals surface area contributed by atoms with Crippen molar-refractivity contribution in [2.45, 2.75) is 6.92 Å². The molecule has 0 aliphatic carbocycles. The van der Waals surface area contributed by atoms with Crippen LogP contribution in [0.3, 0.4) is 0 Å². The minimum Gasteiger partial charge on any atom is -0.497 e. The fourth-order valence-corrected chi connectivity index (χ4v) is 3.22. The Balaban J connectivity index is 2.17. The van der Waals surface area contributed by atoms with Gasteiger partial charge in [-0.05, 0) is 30.5 Å². The maximum absolute atomic E-state index is 5.47. The van der Waals surface area contributed by atoms with E-state index in [2.05, 4.69) is 9.97 Å². The maximum Gasteiger partial charge on any atom is 0.154 e. The van der Waals surface area contributed by atoms with Gasteiger partial charge in [-0.3, -0.25) is 0 Å². The highest BCUT2D eigenvalue weighted by Crippen LogP contribution is 2.38. The highest BCUT2D eigenvalue weighted by molar-refractivity contribution is 7.17. The number of ether oxygens (including phenoxy) is 2. The molecule has 2 aromatic heterocycles. The molecule has 0 unspecified atom stereocenters. The lowest BCUT2D eigenvalue weighted by atomic mass is 10.2. The third kappa shape index (κ3) is 2.46. The Hall–Kier alpha value is -2.34. The van der Waals surface area contributed by atoms with Gasteiger partial charge in [0.05, 0.1) is 30.1 Å². The molecular formula is C16H17N3O2S. The van der Waals surface area contributed by atoms with Gasteiger partial charge in [-0.15, -0.1) is 11.3 Å². The first-order chi connectivity index (χ1) is 10.6. The van der Waals surface area contributed by atoms with Crippen molar-refractivity contribution in [3.05, 3.63) is 35.5 Å². The highest BCUT2D eigenvalue weighted by atomic mass is 32.1. The molecule has 0 N–H and O–H groups in total. The van der Waals surface area contributed by atoms with Gasteiger partial charge >= 0.3 is 0 Å². The third-order valence-corrected chi connectivity index (χ3v) is 4.36. The van der Waals surface area contributed by atoms with Gasteiger partial charge in [0.1, 0.15) is 17.3 Å². The van der Waals surface area contributed by atoms with Crippen molar-refractivity contribution in [1.29, 1.82) is 0 Å². The van der Waals surface area contributed by atoms with E-state index in [1.807, 2.05) is 48.5 Å². The topological polar surface area (TPSA) is 47.5 Å². The summed E-state index contributed by atoms with van der Waals surface area (Å²) in [5, 5.41) is 2.03. The molecule has 22 heavy (non-hydrogen) atoms. The molecule has 0 amide bonds. The summed E-state index contributed by atoms with van der Waals surface area (Å²) in [5.41, 5.74) is 1.86. The van der Waals surface area contributed by atoms with Crippen molar-refractivity contribution >= 4 is 33.1 Å². The Morgan fingerprint density at radius 3 is 2.64 bits per heavy atom. The lowest BCUT2D eigenvalue weighted by Crippen LogP contribution is -2.13. The third-order valence-electron chi connectivity index (χ3n) is 3.46. The first-order valence-electron chi connectivity index (χ1n) is 6.81. The number of rotatable bonds is 4. The Morgan fingerprint density at radius 2 is 1.91 bits per heavy atom. The number of hydrogen-bond donors (Lipinski definition) is 0. The smallest absolute Gasteiger partial charge is 0.154 e. The molecule has 0 fully saturated rings. The number of anilines is 2. The molecule has 0 aliphatic heterocycles. The zero-order chi connectivity index (χ0) is 15.7. The number of methoxy groups -OCH3 is 2. The summed E-state index contributed by atoms with van der Waals surface area (Å²) in [5.74, 6) is 3.15. The number of nitrogens with zero attached hydrogens (tertiary/aromatic N) is 3. The Bertz CT molecular complexity index is 816. The van der Waals surface area contributed by atoms with E-state index in [9.17, 15) is 0 Å². The molecule has 6 heteroatoms. The van der Waals surface area contributed by atoms with Crippen LogP contribution < -0.4 is 14.4 Å². The van der Waals surface area contributed by atoms with Crippen molar-refractivity contribution in [2.75, 3.05) is 26.2 Å². The SMILES string of the molecule is COc1ccc(OC)c(N(C)c2nc(C)nc3ccsc23)c1. The monoisotopic (exact) mass is 315 g/mol. The second kappa shape index (κ2) is 5.81. The van der Waals surface area contributed by atoms with Crippen LogP contribution in [0.5, 0.6) is 11.5 Å². The number of aromatic nitrogens is 2. The van der Waals surface area contributed by atoms with Gasteiger partial charge in [0.2, 0.25) is 0 Å². The number of thiophene rings is 1. The molecule has 1 aromatic carbocycles. The summed E-state index contributed by atoms with van der Waals surface area (Å²) in [6.45, 7) is 1.90. The van der Waals surface area contributed by atoms with Crippen LogP contribution in [0, 0.1) is 6.92 Å².